The van der Waals surface area contributed by atoms with Gasteiger partial charge in [0.15, 0.2) is 0 Å². The molecule has 0 spiro atoms. The second kappa shape index (κ2) is 5.20. The van der Waals surface area contributed by atoms with Crippen LogP contribution < -0.4 is 0 Å². The van der Waals surface area contributed by atoms with Gasteiger partial charge in [-0.3, -0.25) is 0 Å². The topological polar surface area (TPSA) is 46.5 Å². The van der Waals surface area contributed by atoms with Crippen LogP contribution in [0.5, 0.6) is 0 Å². The zero-order valence-electron chi connectivity index (χ0n) is 7.66. The van der Waals surface area contributed by atoms with Crippen molar-refractivity contribution >= 4 is 5.97 Å². The van der Waals surface area contributed by atoms with Crippen LogP contribution in [0.15, 0.2) is 11.8 Å². The molecule has 0 unspecified atom stereocenters. The van der Waals surface area contributed by atoms with Crippen LogP contribution >= 0.6 is 0 Å². The number of aliphatic hydroxyl groups is 1. The van der Waals surface area contributed by atoms with E-state index >= 15 is 0 Å². The molecule has 0 aliphatic carbocycles. The molecule has 0 aromatic carbocycles. The van der Waals surface area contributed by atoms with Crippen LogP contribution in [0, 0.1) is 0 Å². The van der Waals surface area contributed by atoms with Gasteiger partial charge in [0.25, 0.3) is 0 Å². The van der Waals surface area contributed by atoms with Gasteiger partial charge < -0.3 is 9.84 Å². The second-order valence-electron chi connectivity index (χ2n) is 3.32. The van der Waals surface area contributed by atoms with Crippen molar-refractivity contribution in [2.75, 3.05) is 0 Å². The van der Waals surface area contributed by atoms with E-state index in [0.29, 0.717) is 0 Å². The van der Waals surface area contributed by atoms with Crippen LogP contribution in [0.2, 0.25) is 0 Å². The van der Waals surface area contributed by atoms with Gasteiger partial charge in [-0.15, -0.1) is 0 Å². The first-order valence-electron chi connectivity index (χ1n) is 3.41. The molecule has 0 saturated heterocycles. The summed E-state index contributed by atoms with van der Waals surface area (Å²) in [5.41, 5.74) is -0.497. The number of allylic oxidation sites excluding steroid dienone is 1. The number of esters is 1. The zero-order chi connectivity index (χ0) is 9.07. The Bertz CT molecular complexity index is 175. The molecular weight excluding hydrogens is 203 g/mol. The Kier molecular flexibility index (Phi) is 6.09. The maximum atomic E-state index is 10.8. The number of ether oxygens (including phenoxy) is 1. The standard InChI is InChI=1S/C8H14O3.Ni/c1-6(9)5-7(10)11-8(2,3)4;/h5,9H,1-4H3;/b6-5-;. The van der Waals surface area contributed by atoms with Crippen LogP contribution in [-0.2, 0) is 26.0 Å². The monoisotopic (exact) mass is 216 g/mol. The van der Waals surface area contributed by atoms with Crippen molar-refractivity contribution in [1.82, 2.24) is 0 Å². The van der Waals surface area contributed by atoms with Crippen molar-refractivity contribution in [3.8, 4) is 0 Å². The molecule has 0 aliphatic heterocycles. The minimum absolute atomic E-state index is 0. The van der Waals surface area contributed by atoms with Crippen molar-refractivity contribution in [3.63, 3.8) is 0 Å². The number of hydrogen-bond donors (Lipinski definition) is 1. The van der Waals surface area contributed by atoms with Crippen molar-refractivity contribution in [1.29, 1.82) is 0 Å². The molecule has 0 heterocycles. The Morgan fingerprint density at radius 3 is 2.08 bits per heavy atom. The number of rotatable bonds is 1. The third-order valence-electron chi connectivity index (χ3n) is 0.734. The number of aliphatic hydroxyl groups excluding tert-OH is 1. The van der Waals surface area contributed by atoms with E-state index in [0.717, 1.165) is 6.08 Å². The molecule has 0 aliphatic rings. The fraction of sp³-hybridized carbons (Fsp3) is 0.625. The van der Waals surface area contributed by atoms with Gasteiger partial charge in [-0.2, -0.15) is 0 Å². The van der Waals surface area contributed by atoms with E-state index in [1.54, 1.807) is 20.8 Å². The first kappa shape index (κ1) is 14.1. The Labute approximate surface area is 82.7 Å². The summed E-state index contributed by atoms with van der Waals surface area (Å²) < 4.78 is 4.87. The van der Waals surface area contributed by atoms with Crippen LogP contribution in [0.3, 0.4) is 0 Å². The fourth-order valence-electron chi connectivity index (χ4n) is 0.502. The fourth-order valence-corrected chi connectivity index (χ4v) is 0.502. The SMILES string of the molecule is C/C(O)=C/C(=O)OC(C)(C)C.[Ni]. The molecular formula is C8H14NiO3. The van der Waals surface area contributed by atoms with E-state index in [2.05, 4.69) is 0 Å². The molecule has 0 bridgehead atoms. The first-order chi connectivity index (χ1) is 4.81. The van der Waals surface area contributed by atoms with E-state index in [1.165, 1.54) is 6.92 Å². The summed E-state index contributed by atoms with van der Waals surface area (Å²) in [5.74, 6) is -0.559. The van der Waals surface area contributed by atoms with Crippen molar-refractivity contribution in [2.45, 2.75) is 33.3 Å². The number of hydrogen-bond acceptors (Lipinski definition) is 3. The van der Waals surface area contributed by atoms with Gasteiger partial charge in [-0.05, 0) is 27.7 Å². The van der Waals surface area contributed by atoms with Gasteiger partial charge in [-0.1, -0.05) is 0 Å². The van der Waals surface area contributed by atoms with Crippen molar-refractivity contribution in [3.05, 3.63) is 11.8 Å². The molecule has 12 heavy (non-hydrogen) atoms. The van der Waals surface area contributed by atoms with Gasteiger partial charge in [0, 0.05) is 16.5 Å². The smallest absolute Gasteiger partial charge is 0.334 e. The van der Waals surface area contributed by atoms with Crippen molar-refractivity contribution < 1.29 is 31.1 Å². The third-order valence-corrected chi connectivity index (χ3v) is 0.734. The largest absolute Gasteiger partial charge is 0.512 e. The normalized spacial score (nSPS) is 11.8. The summed E-state index contributed by atoms with van der Waals surface area (Å²) in [6, 6.07) is 0. The molecule has 0 fully saturated rings. The van der Waals surface area contributed by atoms with Crippen LogP contribution in [-0.4, -0.2) is 16.7 Å². The Hall–Kier alpha value is -0.496. The average Bonchev–Trinajstić information content (AvgIpc) is 1.53. The Morgan fingerprint density at radius 1 is 1.42 bits per heavy atom. The molecule has 0 radical (unpaired) electrons. The predicted octanol–water partition coefficient (Wildman–Crippen LogP) is 1.79. The first-order valence-corrected chi connectivity index (χ1v) is 3.41. The Morgan fingerprint density at radius 2 is 1.83 bits per heavy atom. The molecule has 0 amide bonds. The van der Waals surface area contributed by atoms with Crippen LogP contribution in [0.1, 0.15) is 27.7 Å². The number of carbonyl (C=O) groups is 1. The molecule has 0 aromatic heterocycles. The maximum Gasteiger partial charge on any atom is 0.334 e. The van der Waals surface area contributed by atoms with Gasteiger partial charge in [-0.25, -0.2) is 4.79 Å². The molecule has 4 heteroatoms. The van der Waals surface area contributed by atoms with Gasteiger partial charge in [0.05, 0.1) is 11.8 Å². The molecule has 0 atom stereocenters. The third kappa shape index (κ3) is 9.50. The minimum Gasteiger partial charge on any atom is -0.512 e. The van der Waals surface area contributed by atoms with Gasteiger partial charge in [0.1, 0.15) is 5.60 Å². The van der Waals surface area contributed by atoms with E-state index in [9.17, 15) is 4.79 Å². The molecule has 3 nitrogen and oxygen atoms in total. The molecule has 0 rings (SSSR count). The Balaban J connectivity index is 0. The summed E-state index contributed by atoms with van der Waals surface area (Å²) in [6.07, 6.45) is 1.05. The minimum atomic E-state index is -0.516. The van der Waals surface area contributed by atoms with Crippen molar-refractivity contribution in [2.24, 2.45) is 0 Å². The quantitative estimate of drug-likeness (QED) is 0.315. The van der Waals surface area contributed by atoms with E-state index < -0.39 is 11.6 Å². The van der Waals surface area contributed by atoms with Gasteiger partial charge in [0.2, 0.25) is 0 Å². The van der Waals surface area contributed by atoms with Gasteiger partial charge >= 0.3 is 5.97 Å². The summed E-state index contributed by atoms with van der Waals surface area (Å²) >= 11 is 0. The summed E-state index contributed by atoms with van der Waals surface area (Å²) in [6.45, 7) is 6.73. The summed E-state index contributed by atoms with van der Waals surface area (Å²) in [5, 5.41) is 8.68. The maximum absolute atomic E-state index is 10.8. The summed E-state index contributed by atoms with van der Waals surface area (Å²) in [7, 11) is 0. The molecule has 74 valence electrons. The van der Waals surface area contributed by atoms with Crippen LogP contribution in [0.4, 0.5) is 0 Å². The second-order valence-corrected chi connectivity index (χ2v) is 3.32. The summed E-state index contributed by atoms with van der Waals surface area (Å²) in [4.78, 5) is 10.8. The number of carbonyl (C=O) groups excluding carboxylic acids is 1. The molecule has 1 N–H and O–H groups in total. The molecule has 0 saturated carbocycles. The van der Waals surface area contributed by atoms with E-state index in [-0.39, 0.29) is 22.3 Å². The van der Waals surface area contributed by atoms with E-state index in [4.69, 9.17) is 9.84 Å². The zero-order valence-corrected chi connectivity index (χ0v) is 8.64. The van der Waals surface area contributed by atoms with Crippen LogP contribution in [0.25, 0.3) is 0 Å². The predicted molar refractivity (Wildman–Crippen MR) is 42.2 cm³/mol. The molecule has 0 aromatic rings. The average molecular weight is 217 g/mol. The van der Waals surface area contributed by atoms with E-state index in [1.807, 2.05) is 0 Å².